The summed E-state index contributed by atoms with van der Waals surface area (Å²) in [6.45, 7) is 5.75. The minimum Gasteiger partial charge on any atom is -0.334 e. The summed E-state index contributed by atoms with van der Waals surface area (Å²) in [4.78, 5) is 0. The molecule has 5 rings (SSSR count). The molecule has 1 saturated carbocycles. The van der Waals surface area contributed by atoms with Crippen LogP contribution in [-0.2, 0) is 13.0 Å². The molecule has 0 bridgehead atoms. The molecule has 0 amide bonds. The first-order valence-corrected chi connectivity index (χ1v) is 11.3. The Morgan fingerprint density at radius 1 is 0.935 bits per heavy atom. The smallest absolute Gasteiger partial charge is 0.156 e. The van der Waals surface area contributed by atoms with Crippen molar-refractivity contribution in [2.45, 2.75) is 45.7 Å². The molecule has 1 aliphatic rings. The van der Waals surface area contributed by atoms with E-state index in [2.05, 4.69) is 40.2 Å². The molecule has 0 spiro atoms. The second-order valence-corrected chi connectivity index (χ2v) is 8.88. The zero-order valence-corrected chi connectivity index (χ0v) is 18.3. The van der Waals surface area contributed by atoms with Crippen molar-refractivity contribution in [3.8, 4) is 11.3 Å². The summed E-state index contributed by atoms with van der Waals surface area (Å²) in [6.07, 6.45) is 3.69. The predicted molar refractivity (Wildman–Crippen MR) is 127 cm³/mol. The number of hydrogen-bond acceptors (Lipinski definition) is 1. The molecule has 0 atom stereocenters. The third-order valence-electron chi connectivity index (χ3n) is 6.35. The van der Waals surface area contributed by atoms with E-state index < -0.39 is 0 Å². The van der Waals surface area contributed by atoms with Crippen molar-refractivity contribution in [1.82, 2.24) is 9.88 Å². The van der Waals surface area contributed by atoms with Crippen LogP contribution < -0.4 is 5.32 Å². The van der Waals surface area contributed by atoms with Crippen molar-refractivity contribution in [3.05, 3.63) is 94.8 Å². The van der Waals surface area contributed by atoms with E-state index in [-0.39, 0.29) is 5.82 Å². The highest BCUT2D eigenvalue weighted by molar-refractivity contribution is 5.89. The lowest BCUT2D eigenvalue weighted by atomic mass is 10.0. The average molecular weight is 413 g/mol. The molecule has 31 heavy (non-hydrogen) atoms. The number of nitrogens with zero attached hydrogens (tertiary/aromatic N) is 1. The Balaban J connectivity index is 1.50. The third-order valence-corrected chi connectivity index (χ3v) is 6.35. The molecule has 4 aromatic rings. The predicted octanol–water partition coefficient (Wildman–Crippen LogP) is 6.41. The topological polar surface area (TPSA) is 17.0 Å². The van der Waals surface area contributed by atoms with Gasteiger partial charge in [-0.3, -0.25) is 0 Å². The molecule has 1 aromatic heterocycles. The maximum atomic E-state index is 15.7. The van der Waals surface area contributed by atoms with Gasteiger partial charge < -0.3 is 9.88 Å². The molecular formula is C28H29FN2. The van der Waals surface area contributed by atoms with Gasteiger partial charge in [-0.25, -0.2) is 4.39 Å². The van der Waals surface area contributed by atoms with E-state index in [9.17, 15) is 0 Å². The number of nitrogens with one attached hydrogen (secondary N) is 1. The fourth-order valence-corrected chi connectivity index (χ4v) is 4.40. The van der Waals surface area contributed by atoms with Crippen LogP contribution in [0.2, 0.25) is 0 Å². The van der Waals surface area contributed by atoms with Gasteiger partial charge in [-0.15, -0.1) is 0 Å². The van der Waals surface area contributed by atoms with Crippen LogP contribution >= 0.6 is 0 Å². The van der Waals surface area contributed by atoms with Crippen LogP contribution in [0.1, 0.15) is 35.1 Å². The molecule has 0 saturated heterocycles. The third kappa shape index (κ3) is 4.15. The Morgan fingerprint density at radius 2 is 1.68 bits per heavy atom. The Kier molecular flexibility index (Phi) is 5.37. The zero-order valence-electron chi connectivity index (χ0n) is 18.3. The SMILES string of the molecule is Cc1ccc2c(c1)c(F)c(-c1ccccc1C)n2Cc1ccc(CCNC2CC2)cc1. The first-order valence-electron chi connectivity index (χ1n) is 11.3. The van der Waals surface area contributed by atoms with Crippen molar-refractivity contribution in [2.75, 3.05) is 6.54 Å². The molecule has 1 fully saturated rings. The lowest BCUT2D eigenvalue weighted by Gasteiger charge is -2.14. The highest BCUT2D eigenvalue weighted by Gasteiger charge is 2.21. The minimum absolute atomic E-state index is 0.129. The fraction of sp³-hybridized carbons (Fsp3) is 0.286. The van der Waals surface area contributed by atoms with Crippen molar-refractivity contribution < 1.29 is 4.39 Å². The molecule has 0 unspecified atom stereocenters. The Labute approximate surface area is 183 Å². The highest BCUT2D eigenvalue weighted by Crippen LogP contribution is 2.35. The van der Waals surface area contributed by atoms with E-state index in [1.165, 1.54) is 24.0 Å². The lowest BCUT2D eigenvalue weighted by Crippen LogP contribution is -2.19. The van der Waals surface area contributed by atoms with Gasteiger partial charge in [-0.2, -0.15) is 0 Å². The lowest BCUT2D eigenvalue weighted by molar-refractivity contribution is 0.634. The first kappa shape index (κ1) is 20.0. The molecule has 0 aliphatic heterocycles. The monoisotopic (exact) mass is 412 g/mol. The summed E-state index contributed by atoms with van der Waals surface area (Å²) < 4.78 is 17.8. The summed E-state index contributed by atoms with van der Waals surface area (Å²) in [7, 11) is 0. The van der Waals surface area contributed by atoms with Crippen LogP contribution in [0.5, 0.6) is 0 Å². The quantitative estimate of drug-likeness (QED) is 0.371. The molecule has 2 nitrogen and oxygen atoms in total. The number of aromatic nitrogens is 1. The molecule has 1 heterocycles. The summed E-state index contributed by atoms with van der Waals surface area (Å²) in [5.41, 5.74) is 7.26. The maximum absolute atomic E-state index is 15.7. The van der Waals surface area contributed by atoms with Crippen LogP contribution in [0.4, 0.5) is 4.39 Å². The van der Waals surface area contributed by atoms with Gasteiger partial charge in [0.05, 0.1) is 11.2 Å². The van der Waals surface area contributed by atoms with Gasteiger partial charge in [0.2, 0.25) is 0 Å². The molecule has 1 aliphatic carbocycles. The maximum Gasteiger partial charge on any atom is 0.156 e. The Hall–Kier alpha value is -2.91. The van der Waals surface area contributed by atoms with Crippen molar-refractivity contribution in [3.63, 3.8) is 0 Å². The van der Waals surface area contributed by atoms with E-state index in [4.69, 9.17) is 0 Å². The summed E-state index contributed by atoms with van der Waals surface area (Å²) in [5, 5.41) is 4.27. The molecule has 3 heteroatoms. The van der Waals surface area contributed by atoms with Crippen molar-refractivity contribution in [2.24, 2.45) is 0 Å². The number of halogens is 1. The van der Waals surface area contributed by atoms with E-state index in [1.807, 2.05) is 50.2 Å². The van der Waals surface area contributed by atoms with Gasteiger partial charge in [0, 0.05) is 23.5 Å². The Bertz CT molecular complexity index is 1220. The number of aryl methyl sites for hydroxylation is 2. The normalized spacial score (nSPS) is 13.8. The van der Waals surface area contributed by atoms with Crippen molar-refractivity contribution >= 4 is 10.9 Å². The van der Waals surface area contributed by atoms with Gasteiger partial charge in [-0.05, 0) is 68.5 Å². The summed E-state index contributed by atoms with van der Waals surface area (Å²) in [5.74, 6) is -0.129. The van der Waals surface area contributed by atoms with Gasteiger partial charge in [0.1, 0.15) is 0 Å². The number of benzene rings is 3. The molecule has 3 aromatic carbocycles. The second kappa shape index (κ2) is 8.32. The average Bonchev–Trinajstić information content (AvgIpc) is 3.56. The molecule has 1 N–H and O–H groups in total. The molecule has 158 valence electrons. The molecule has 0 radical (unpaired) electrons. The summed E-state index contributed by atoms with van der Waals surface area (Å²) >= 11 is 0. The summed E-state index contributed by atoms with van der Waals surface area (Å²) in [6, 6.07) is 23.7. The standard InChI is InChI=1S/C28H29FN2/c1-19-7-14-26-25(17-19)27(29)28(24-6-4-3-5-20(24)2)31(26)18-22-10-8-21(9-11-22)15-16-30-23-12-13-23/h3-11,14,17,23,30H,12-13,15-16,18H2,1-2H3. The fourth-order valence-electron chi connectivity index (χ4n) is 4.40. The number of rotatable bonds is 7. The minimum atomic E-state index is -0.129. The van der Waals surface area contributed by atoms with E-state index in [1.54, 1.807) is 0 Å². The van der Waals surface area contributed by atoms with Gasteiger partial charge >= 0.3 is 0 Å². The van der Waals surface area contributed by atoms with Crippen LogP contribution in [0, 0.1) is 19.7 Å². The van der Waals surface area contributed by atoms with Crippen LogP contribution in [0.3, 0.4) is 0 Å². The van der Waals surface area contributed by atoms with Crippen LogP contribution in [-0.4, -0.2) is 17.2 Å². The zero-order chi connectivity index (χ0) is 21.4. The highest BCUT2D eigenvalue weighted by atomic mass is 19.1. The van der Waals surface area contributed by atoms with E-state index in [0.29, 0.717) is 17.6 Å². The molecular weight excluding hydrogens is 383 g/mol. The van der Waals surface area contributed by atoms with Crippen LogP contribution in [0.25, 0.3) is 22.2 Å². The van der Waals surface area contributed by atoms with Crippen LogP contribution in [0.15, 0.2) is 66.7 Å². The van der Waals surface area contributed by atoms with Gasteiger partial charge in [-0.1, -0.05) is 60.2 Å². The van der Waals surface area contributed by atoms with Gasteiger partial charge in [0.15, 0.2) is 5.82 Å². The first-order chi connectivity index (χ1) is 15.1. The number of fused-ring (bicyclic) bond motifs is 1. The van der Waals surface area contributed by atoms with Gasteiger partial charge in [0.25, 0.3) is 0 Å². The van der Waals surface area contributed by atoms with E-state index in [0.717, 1.165) is 41.2 Å². The number of hydrogen-bond donors (Lipinski definition) is 1. The largest absolute Gasteiger partial charge is 0.334 e. The van der Waals surface area contributed by atoms with E-state index >= 15 is 4.39 Å². The Morgan fingerprint density at radius 3 is 2.42 bits per heavy atom. The van der Waals surface area contributed by atoms with Crippen molar-refractivity contribution in [1.29, 1.82) is 0 Å². The second-order valence-electron chi connectivity index (χ2n) is 8.88.